The number of nitriles is 1. The molecule has 2 rings (SSSR count). The van der Waals surface area contributed by atoms with Gasteiger partial charge in [0.15, 0.2) is 0 Å². The highest BCUT2D eigenvalue weighted by atomic mass is 15.1. The predicted molar refractivity (Wildman–Crippen MR) is 46.2 cm³/mol. The quantitative estimate of drug-likeness (QED) is 0.557. The predicted octanol–water partition coefficient (Wildman–Crippen LogP) is 0.179. The lowest BCUT2D eigenvalue weighted by molar-refractivity contribution is 0.139. The second kappa shape index (κ2) is 2.45. The highest BCUT2D eigenvalue weighted by Crippen LogP contribution is 2.42. The fourth-order valence-corrected chi connectivity index (χ4v) is 2.71. The Hall–Kier alpha value is -0.590. The van der Waals surface area contributed by atoms with Gasteiger partial charge in [-0.2, -0.15) is 5.26 Å². The van der Waals surface area contributed by atoms with Crippen LogP contribution in [0.2, 0.25) is 0 Å². The maximum atomic E-state index is 9.02. The van der Waals surface area contributed by atoms with Crippen LogP contribution < -0.4 is 5.73 Å². The Morgan fingerprint density at radius 1 is 1.42 bits per heavy atom. The molecule has 0 amide bonds. The van der Waals surface area contributed by atoms with E-state index in [9.17, 15) is 0 Å². The first-order valence-corrected chi connectivity index (χ1v) is 4.55. The Labute approximate surface area is 73.1 Å². The third-order valence-corrected chi connectivity index (χ3v) is 3.47. The lowest BCUT2D eigenvalue weighted by Gasteiger charge is -2.39. The van der Waals surface area contributed by atoms with Gasteiger partial charge in [0.25, 0.3) is 0 Å². The average molecular weight is 165 g/mol. The zero-order valence-corrected chi connectivity index (χ0v) is 7.45. The second-order valence-electron chi connectivity index (χ2n) is 4.24. The molecular formula is C9H15N3. The van der Waals surface area contributed by atoms with Crippen LogP contribution in [0.25, 0.3) is 0 Å². The summed E-state index contributed by atoms with van der Waals surface area (Å²) in [7, 11) is 2.11. The number of nitrogens with zero attached hydrogens (tertiary/aromatic N) is 2. The summed E-state index contributed by atoms with van der Waals surface area (Å²) < 4.78 is 0. The van der Waals surface area contributed by atoms with E-state index in [0.29, 0.717) is 11.8 Å². The van der Waals surface area contributed by atoms with Crippen molar-refractivity contribution in [2.75, 3.05) is 20.1 Å². The third-order valence-electron chi connectivity index (χ3n) is 3.47. The second-order valence-corrected chi connectivity index (χ2v) is 4.24. The van der Waals surface area contributed by atoms with Crippen molar-refractivity contribution < 1.29 is 0 Å². The number of hydrogen-bond donors (Lipinski definition) is 1. The van der Waals surface area contributed by atoms with E-state index in [-0.39, 0.29) is 0 Å². The van der Waals surface area contributed by atoms with Gasteiger partial charge in [0, 0.05) is 24.9 Å². The monoisotopic (exact) mass is 165 g/mol. The summed E-state index contributed by atoms with van der Waals surface area (Å²) >= 11 is 0. The SMILES string of the molecule is CN1CC2CCC(C1)C2(N)C#N. The van der Waals surface area contributed by atoms with E-state index in [0.717, 1.165) is 25.9 Å². The highest BCUT2D eigenvalue weighted by molar-refractivity contribution is 5.19. The Kier molecular flexibility index (Phi) is 1.64. The fourth-order valence-electron chi connectivity index (χ4n) is 2.71. The van der Waals surface area contributed by atoms with E-state index in [1.807, 2.05) is 0 Å². The standard InChI is InChI=1S/C9H15N3/c1-12-4-7-2-3-8(5-12)9(7,11)6-10/h7-8H,2-5,11H2,1H3. The summed E-state index contributed by atoms with van der Waals surface area (Å²) in [4.78, 5) is 2.30. The van der Waals surface area contributed by atoms with Crippen molar-refractivity contribution in [2.45, 2.75) is 18.4 Å². The maximum absolute atomic E-state index is 9.02. The van der Waals surface area contributed by atoms with Gasteiger partial charge in [0.1, 0.15) is 5.54 Å². The molecule has 2 N–H and O–H groups in total. The minimum absolute atomic E-state index is 0.409. The van der Waals surface area contributed by atoms with Crippen molar-refractivity contribution in [3.8, 4) is 6.07 Å². The molecule has 0 radical (unpaired) electrons. The summed E-state index contributed by atoms with van der Waals surface area (Å²) in [5, 5.41) is 9.02. The summed E-state index contributed by atoms with van der Waals surface area (Å²) in [6.07, 6.45) is 2.28. The van der Waals surface area contributed by atoms with E-state index < -0.39 is 5.54 Å². The molecule has 2 atom stereocenters. The normalized spacial score (nSPS) is 47.4. The van der Waals surface area contributed by atoms with E-state index in [1.54, 1.807) is 0 Å². The summed E-state index contributed by atoms with van der Waals surface area (Å²) in [5.74, 6) is 0.817. The fraction of sp³-hybridized carbons (Fsp3) is 0.889. The Morgan fingerprint density at radius 3 is 2.33 bits per heavy atom. The van der Waals surface area contributed by atoms with Crippen LogP contribution in [0.1, 0.15) is 12.8 Å². The number of nitrogens with two attached hydrogens (primary N) is 1. The van der Waals surface area contributed by atoms with Crippen LogP contribution in [0, 0.1) is 23.2 Å². The third kappa shape index (κ3) is 0.886. The van der Waals surface area contributed by atoms with Crippen LogP contribution in [-0.2, 0) is 0 Å². The molecule has 12 heavy (non-hydrogen) atoms. The van der Waals surface area contributed by atoms with Crippen molar-refractivity contribution in [2.24, 2.45) is 17.6 Å². The number of hydrogen-bond acceptors (Lipinski definition) is 3. The molecule has 1 saturated heterocycles. The molecule has 1 aliphatic carbocycles. The Morgan fingerprint density at radius 2 is 1.92 bits per heavy atom. The molecule has 2 aliphatic rings. The molecule has 0 aromatic rings. The molecular weight excluding hydrogens is 150 g/mol. The zero-order valence-electron chi connectivity index (χ0n) is 7.45. The van der Waals surface area contributed by atoms with Gasteiger partial charge < -0.3 is 10.6 Å². The molecule has 0 aromatic heterocycles. The van der Waals surface area contributed by atoms with Crippen molar-refractivity contribution in [3.63, 3.8) is 0 Å². The molecule has 1 saturated carbocycles. The van der Waals surface area contributed by atoms with Gasteiger partial charge in [-0.1, -0.05) is 0 Å². The van der Waals surface area contributed by atoms with E-state index in [2.05, 4.69) is 18.0 Å². The molecule has 2 bridgehead atoms. The van der Waals surface area contributed by atoms with Gasteiger partial charge >= 0.3 is 0 Å². The summed E-state index contributed by atoms with van der Waals surface area (Å²) in [5.41, 5.74) is 5.57. The molecule has 2 unspecified atom stereocenters. The summed E-state index contributed by atoms with van der Waals surface area (Å²) in [6.45, 7) is 2.00. The van der Waals surface area contributed by atoms with Gasteiger partial charge in [-0.15, -0.1) is 0 Å². The van der Waals surface area contributed by atoms with Gasteiger partial charge in [-0.05, 0) is 19.9 Å². The Balaban J connectivity index is 2.26. The minimum Gasteiger partial charge on any atom is -0.313 e. The van der Waals surface area contributed by atoms with Gasteiger partial charge in [-0.3, -0.25) is 0 Å². The first-order valence-electron chi connectivity index (χ1n) is 4.55. The van der Waals surface area contributed by atoms with Crippen LogP contribution in [0.5, 0.6) is 0 Å². The number of piperidine rings is 1. The largest absolute Gasteiger partial charge is 0.313 e. The van der Waals surface area contributed by atoms with E-state index >= 15 is 0 Å². The van der Waals surface area contributed by atoms with Gasteiger partial charge in [-0.25, -0.2) is 0 Å². The van der Waals surface area contributed by atoms with Crippen molar-refractivity contribution in [1.29, 1.82) is 5.26 Å². The van der Waals surface area contributed by atoms with Crippen LogP contribution in [0.3, 0.4) is 0 Å². The average Bonchev–Trinajstić information content (AvgIpc) is 2.24. The van der Waals surface area contributed by atoms with Crippen molar-refractivity contribution in [1.82, 2.24) is 4.90 Å². The van der Waals surface area contributed by atoms with Crippen LogP contribution in [-0.4, -0.2) is 30.6 Å². The van der Waals surface area contributed by atoms with E-state index in [1.165, 1.54) is 0 Å². The number of rotatable bonds is 0. The Bertz CT molecular complexity index is 216. The van der Waals surface area contributed by atoms with E-state index in [4.69, 9.17) is 11.0 Å². The minimum atomic E-state index is -0.507. The summed E-state index contributed by atoms with van der Waals surface area (Å²) in [6, 6.07) is 2.31. The van der Waals surface area contributed by atoms with Crippen LogP contribution in [0.4, 0.5) is 0 Å². The highest BCUT2D eigenvalue weighted by Gasteiger charge is 2.51. The molecule has 3 heteroatoms. The first-order chi connectivity index (χ1) is 5.66. The van der Waals surface area contributed by atoms with Crippen LogP contribution in [0.15, 0.2) is 0 Å². The molecule has 2 fully saturated rings. The number of likely N-dealkylation sites (tertiary alicyclic amines) is 1. The lowest BCUT2D eigenvalue weighted by Crippen LogP contribution is -2.57. The molecule has 1 heterocycles. The van der Waals surface area contributed by atoms with Crippen molar-refractivity contribution in [3.05, 3.63) is 0 Å². The van der Waals surface area contributed by atoms with Crippen molar-refractivity contribution >= 4 is 0 Å². The topological polar surface area (TPSA) is 53.0 Å². The molecule has 1 aliphatic heterocycles. The maximum Gasteiger partial charge on any atom is 0.112 e. The van der Waals surface area contributed by atoms with Gasteiger partial charge in [0.05, 0.1) is 6.07 Å². The molecule has 3 nitrogen and oxygen atoms in total. The van der Waals surface area contributed by atoms with Crippen LogP contribution >= 0.6 is 0 Å². The number of fused-ring (bicyclic) bond motifs is 2. The smallest absolute Gasteiger partial charge is 0.112 e. The molecule has 0 aromatic carbocycles. The zero-order chi connectivity index (χ0) is 8.77. The molecule has 66 valence electrons. The lowest BCUT2D eigenvalue weighted by atomic mass is 9.79. The van der Waals surface area contributed by atoms with Gasteiger partial charge in [0.2, 0.25) is 0 Å². The first kappa shape index (κ1) is 8.03. The molecule has 0 spiro atoms.